The van der Waals surface area contributed by atoms with E-state index in [4.69, 9.17) is 0 Å². The fourth-order valence-electron chi connectivity index (χ4n) is 2.03. The van der Waals surface area contributed by atoms with Crippen LogP contribution in [0.15, 0.2) is 18.3 Å². The van der Waals surface area contributed by atoms with Crippen LogP contribution in [0.25, 0.3) is 0 Å². The number of aromatic nitrogens is 1. The number of carbonyl (C=O) groups excluding carboxylic acids is 1. The Hall–Kier alpha value is -1.58. The Bertz CT molecular complexity index is 396. The van der Waals surface area contributed by atoms with Crippen LogP contribution in [0.3, 0.4) is 0 Å². The molecule has 1 amide bonds. The van der Waals surface area contributed by atoms with Crippen molar-refractivity contribution < 1.29 is 4.79 Å². The van der Waals surface area contributed by atoms with E-state index < -0.39 is 0 Å². The largest absolute Gasteiger partial charge is 0.353 e. The second-order valence-corrected chi connectivity index (χ2v) is 5.70. The smallest absolute Gasteiger partial charge is 0.209 e. The summed E-state index contributed by atoms with van der Waals surface area (Å²) >= 11 is 0. The molecule has 0 radical (unpaired) electrons. The van der Waals surface area contributed by atoms with Gasteiger partial charge in [0.25, 0.3) is 0 Å². The molecule has 1 aromatic heterocycles. The minimum absolute atomic E-state index is 0.795. The van der Waals surface area contributed by atoms with E-state index >= 15 is 0 Å². The fraction of sp³-hybridized carbons (Fsp3) is 0.667. The molecule has 1 aliphatic heterocycles. The SMILES string of the molecule is CC.CC(C)C.CCc1cccnc1N1CCN(C=O)CC1. The highest BCUT2D eigenvalue weighted by Gasteiger charge is 2.18. The number of piperazine rings is 1. The normalized spacial score (nSPS) is 13.8. The van der Waals surface area contributed by atoms with Crippen molar-refractivity contribution in [2.75, 3.05) is 31.1 Å². The third-order valence-corrected chi connectivity index (χ3v) is 3.01. The van der Waals surface area contributed by atoms with E-state index in [2.05, 4.69) is 43.6 Å². The first-order chi connectivity index (χ1) is 10.6. The van der Waals surface area contributed by atoms with E-state index in [1.165, 1.54) is 5.56 Å². The van der Waals surface area contributed by atoms with Crippen LogP contribution in [0.1, 0.15) is 47.1 Å². The molecule has 2 rings (SSSR count). The van der Waals surface area contributed by atoms with Gasteiger partial charge in [-0.15, -0.1) is 0 Å². The number of nitrogens with zero attached hydrogens (tertiary/aromatic N) is 3. The summed E-state index contributed by atoms with van der Waals surface area (Å²) < 4.78 is 0. The Morgan fingerprint density at radius 2 is 1.73 bits per heavy atom. The third-order valence-electron chi connectivity index (χ3n) is 3.01. The van der Waals surface area contributed by atoms with Crippen LogP contribution in [0.2, 0.25) is 0 Å². The first kappa shape index (κ1) is 20.4. The minimum atomic E-state index is 0.795. The van der Waals surface area contributed by atoms with Gasteiger partial charge in [-0.3, -0.25) is 4.79 Å². The van der Waals surface area contributed by atoms with Crippen LogP contribution in [-0.2, 0) is 11.2 Å². The number of carbonyl (C=O) groups is 1. The highest BCUT2D eigenvalue weighted by atomic mass is 16.1. The van der Waals surface area contributed by atoms with Crippen molar-refractivity contribution in [3.63, 3.8) is 0 Å². The molecule has 126 valence electrons. The van der Waals surface area contributed by atoms with E-state index in [0.717, 1.165) is 50.7 Å². The Morgan fingerprint density at radius 3 is 2.18 bits per heavy atom. The molecule has 1 saturated heterocycles. The Kier molecular flexibility index (Phi) is 11.2. The Balaban J connectivity index is 0.000000640. The number of amides is 1. The summed E-state index contributed by atoms with van der Waals surface area (Å²) in [6.07, 6.45) is 3.76. The van der Waals surface area contributed by atoms with E-state index in [0.29, 0.717) is 0 Å². The second-order valence-electron chi connectivity index (χ2n) is 5.70. The van der Waals surface area contributed by atoms with Crippen molar-refractivity contribution in [3.05, 3.63) is 23.9 Å². The van der Waals surface area contributed by atoms with E-state index in [1.807, 2.05) is 31.0 Å². The summed E-state index contributed by atoms with van der Waals surface area (Å²) in [5, 5.41) is 0. The van der Waals surface area contributed by atoms with Crippen LogP contribution >= 0.6 is 0 Å². The number of aryl methyl sites for hydroxylation is 1. The zero-order chi connectivity index (χ0) is 17.0. The van der Waals surface area contributed by atoms with Crippen molar-refractivity contribution in [1.29, 1.82) is 0 Å². The molecule has 1 aliphatic rings. The molecule has 0 N–H and O–H groups in total. The monoisotopic (exact) mass is 307 g/mol. The standard InChI is InChI=1S/C12H17N3O.C4H10.C2H6/c1-2-11-4-3-5-13-12(11)15-8-6-14(10-16)7-9-15;1-4(2)3;1-2/h3-5,10H,2,6-9H2,1H3;4H,1-3H3;1-2H3. The summed E-state index contributed by atoms with van der Waals surface area (Å²) in [5.74, 6) is 1.91. The van der Waals surface area contributed by atoms with Gasteiger partial charge in [0.15, 0.2) is 0 Å². The maximum Gasteiger partial charge on any atom is 0.209 e. The van der Waals surface area contributed by atoms with Gasteiger partial charge in [0.2, 0.25) is 6.41 Å². The van der Waals surface area contributed by atoms with Crippen molar-refractivity contribution in [2.24, 2.45) is 5.92 Å². The number of hydrogen-bond acceptors (Lipinski definition) is 3. The number of hydrogen-bond donors (Lipinski definition) is 0. The minimum Gasteiger partial charge on any atom is -0.353 e. The third kappa shape index (κ3) is 7.43. The molecule has 4 nitrogen and oxygen atoms in total. The molecule has 0 bridgehead atoms. The predicted octanol–water partition coefficient (Wildman–Crippen LogP) is 3.61. The van der Waals surface area contributed by atoms with Crippen LogP contribution < -0.4 is 4.90 Å². The lowest BCUT2D eigenvalue weighted by Crippen LogP contribution is -2.46. The van der Waals surface area contributed by atoms with E-state index in [1.54, 1.807) is 0 Å². The molecule has 0 unspecified atom stereocenters. The number of anilines is 1. The van der Waals surface area contributed by atoms with Gasteiger partial charge in [-0.05, 0) is 24.0 Å². The lowest BCUT2D eigenvalue weighted by atomic mass is 10.2. The molecular weight excluding hydrogens is 274 g/mol. The molecule has 2 heterocycles. The van der Waals surface area contributed by atoms with Gasteiger partial charge < -0.3 is 9.80 Å². The molecule has 1 fully saturated rings. The summed E-state index contributed by atoms with van der Waals surface area (Å²) in [6, 6.07) is 4.10. The Morgan fingerprint density at radius 1 is 1.18 bits per heavy atom. The average Bonchev–Trinajstić information content (AvgIpc) is 2.56. The van der Waals surface area contributed by atoms with E-state index in [-0.39, 0.29) is 0 Å². The first-order valence-electron chi connectivity index (χ1n) is 8.46. The first-order valence-corrected chi connectivity index (χ1v) is 8.46. The van der Waals surface area contributed by atoms with Gasteiger partial charge in [-0.1, -0.05) is 47.6 Å². The molecule has 4 heteroatoms. The maximum absolute atomic E-state index is 10.6. The molecular formula is C18H33N3O. The van der Waals surface area contributed by atoms with Crippen LogP contribution in [0.4, 0.5) is 5.82 Å². The quantitative estimate of drug-likeness (QED) is 0.800. The van der Waals surface area contributed by atoms with Crippen LogP contribution in [-0.4, -0.2) is 42.5 Å². The van der Waals surface area contributed by atoms with Crippen molar-refractivity contribution in [2.45, 2.75) is 48.0 Å². The fourth-order valence-corrected chi connectivity index (χ4v) is 2.03. The summed E-state index contributed by atoms with van der Waals surface area (Å²) in [7, 11) is 0. The summed E-state index contributed by atoms with van der Waals surface area (Å²) in [4.78, 5) is 19.1. The lowest BCUT2D eigenvalue weighted by molar-refractivity contribution is -0.118. The number of pyridine rings is 1. The van der Waals surface area contributed by atoms with E-state index in [9.17, 15) is 4.79 Å². The van der Waals surface area contributed by atoms with Gasteiger partial charge in [0, 0.05) is 32.4 Å². The summed E-state index contributed by atoms with van der Waals surface area (Å²) in [6.45, 7) is 16.0. The molecule has 0 aliphatic carbocycles. The molecule has 0 aromatic carbocycles. The second kappa shape index (κ2) is 12.0. The van der Waals surface area contributed by atoms with Crippen LogP contribution in [0, 0.1) is 5.92 Å². The van der Waals surface area contributed by atoms with Gasteiger partial charge in [-0.2, -0.15) is 0 Å². The molecule has 22 heavy (non-hydrogen) atoms. The van der Waals surface area contributed by atoms with Gasteiger partial charge in [0.1, 0.15) is 5.82 Å². The highest BCUT2D eigenvalue weighted by molar-refractivity contribution is 5.51. The van der Waals surface area contributed by atoms with Crippen LogP contribution in [0.5, 0.6) is 0 Å². The zero-order valence-corrected chi connectivity index (χ0v) is 15.2. The predicted molar refractivity (Wildman–Crippen MR) is 95.3 cm³/mol. The molecule has 0 spiro atoms. The lowest BCUT2D eigenvalue weighted by Gasteiger charge is -2.34. The molecule has 0 saturated carbocycles. The van der Waals surface area contributed by atoms with Crippen molar-refractivity contribution >= 4 is 12.2 Å². The van der Waals surface area contributed by atoms with Crippen molar-refractivity contribution in [3.8, 4) is 0 Å². The van der Waals surface area contributed by atoms with Crippen molar-refractivity contribution in [1.82, 2.24) is 9.88 Å². The molecule has 0 atom stereocenters. The average molecular weight is 307 g/mol. The highest BCUT2D eigenvalue weighted by Crippen LogP contribution is 2.18. The van der Waals surface area contributed by atoms with Gasteiger partial charge >= 0.3 is 0 Å². The van der Waals surface area contributed by atoms with Gasteiger partial charge in [-0.25, -0.2) is 4.98 Å². The maximum atomic E-state index is 10.6. The zero-order valence-electron chi connectivity index (χ0n) is 15.2. The molecule has 1 aromatic rings. The van der Waals surface area contributed by atoms with Gasteiger partial charge in [0.05, 0.1) is 0 Å². The Labute approximate surface area is 136 Å². The number of rotatable bonds is 3. The summed E-state index contributed by atoms with van der Waals surface area (Å²) in [5.41, 5.74) is 1.28. The topological polar surface area (TPSA) is 36.4 Å².